The predicted octanol–water partition coefficient (Wildman–Crippen LogP) is 5.15. The van der Waals surface area contributed by atoms with Crippen LogP contribution in [0.2, 0.25) is 0 Å². The quantitative estimate of drug-likeness (QED) is 0.518. The first-order chi connectivity index (χ1) is 15.1. The van der Waals surface area contributed by atoms with Gasteiger partial charge in [-0.2, -0.15) is 22.0 Å². The van der Waals surface area contributed by atoms with Gasteiger partial charge in [0.05, 0.1) is 27.0 Å². The molecule has 0 spiro atoms. The molecule has 0 saturated carbocycles. The molecule has 1 aromatic heterocycles. The van der Waals surface area contributed by atoms with Gasteiger partial charge in [-0.3, -0.25) is 4.68 Å². The maximum absolute atomic E-state index is 13.6. The van der Waals surface area contributed by atoms with Crippen molar-refractivity contribution in [3.05, 3.63) is 41.6 Å². The number of aromatic nitrogens is 2. The van der Waals surface area contributed by atoms with E-state index >= 15 is 0 Å². The number of hydrogen-bond donors (Lipinski definition) is 0. The first kappa shape index (κ1) is 25.4. The fourth-order valence-electron chi connectivity index (χ4n) is 4.02. The van der Waals surface area contributed by atoms with E-state index < -0.39 is 50.0 Å². The average molecular weight is 496 g/mol. The van der Waals surface area contributed by atoms with E-state index in [1.54, 1.807) is 0 Å². The number of ether oxygens (including phenoxy) is 2. The van der Waals surface area contributed by atoms with Gasteiger partial charge in [0.1, 0.15) is 6.10 Å². The molecule has 0 bridgehead atoms. The van der Waals surface area contributed by atoms with Crippen molar-refractivity contribution < 1.29 is 39.8 Å². The second-order valence-electron chi connectivity index (χ2n) is 8.70. The van der Waals surface area contributed by atoms with Crippen LogP contribution >= 0.6 is 0 Å². The van der Waals surface area contributed by atoms with Crippen LogP contribution in [0.3, 0.4) is 0 Å². The van der Waals surface area contributed by atoms with Crippen LogP contribution in [0.25, 0.3) is 0 Å². The summed E-state index contributed by atoms with van der Waals surface area (Å²) in [6.45, 7) is 2.05. The third-order valence-electron chi connectivity index (χ3n) is 5.89. The van der Waals surface area contributed by atoms with Crippen molar-refractivity contribution >= 4 is 9.84 Å². The molecule has 1 aromatic carbocycles. The van der Waals surface area contributed by atoms with E-state index in [4.69, 9.17) is 4.74 Å². The second kappa shape index (κ2) is 8.86. The number of halogens is 5. The molecule has 6 nitrogen and oxygen atoms in total. The van der Waals surface area contributed by atoms with Gasteiger partial charge in [-0.05, 0) is 43.9 Å². The summed E-state index contributed by atoms with van der Waals surface area (Å²) in [7, 11) is -2.76. The van der Waals surface area contributed by atoms with E-state index in [0.29, 0.717) is 11.8 Å². The minimum atomic E-state index is -4.69. The molecule has 0 aliphatic carbocycles. The van der Waals surface area contributed by atoms with Gasteiger partial charge in [0.15, 0.2) is 9.84 Å². The Bertz CT molecular complexity index is 1100. The Morgan fingerprint density at radius 3 is 2.45 bits per heavy atom. The maximum Gasteiger partial charge on any atom is 0.416 e. The van der Waals surface area contributed by atoms with Crippen LogP contribution in [-0.4, -0.2) is 35.7 Å². The highest BCUT2D eigenvalue weighted by molar-refractivity contribution is 7.92. The minimum absolute atomic E-state index is 0.0536. The SMILES string of the molecule is CC(C)C1CC(C)(S(=O)(=O)c2cccc(C(F)(F)F)c2)CC(c2cc(OC(F)F)nn2C)O1. The average Bonchev–Trinajstić information content (AvgIpc) is 3.06. The van der Waals surface area contributed by atoms with Gasteiger partial charge < -0.3 is 9.47 Å². The lowest BCUT2D eigenvalue weighted by Gasteiger charge is -2.43. The van der Waals surface area contributed by atoms with E-state index in [1.807, 2.05) is 13.8 Å². The Labute approximate surface area is 188 Å². The van der Waals surface area contributed by atoms with Crippen LogP contribution in [0.1, 0.15) is 51.0 Å². The number of rotatable bonds is 6. The smallest absolute Gasteiger partial charge is 0.415 e. The summed E-state index contributed by atoms with van der Waals surface area (Å²) in [6, 6.07) is 4.89. The molecule has 3 rings (SSSR count). The number of alkyl halides is 5. The topological polar surface area (TPSA) is 70.4 Å². The molecule has 1 aliphatic rings. The first-order valence-corrected chi connectivity index (χ1v) is 11.7. The van der Waals surface area contributed by atoms with E-state index in [1.165, 1.54) is 24.7 Å². The number of sulfone groups is 1. The van der Waals surface area contributed by atoms with E-state index in [-0.39, 0.29) is 24.6 Å². The Balaban J connectivity index is 2.03. The number of aryl methyl sites for hydroxylation is 1. The van der Waals surface area contributed by atoms with E-state index in [9.17, 15) is 30.4 Å². The van der Waals surface area contributed by atoms with Gasteiger partial charge in [-0.1, -0.05) is 19.9 Å². The zero-order valence-electron chi connectivity index (χ0n) is 18.4. The van der Waals surface area contributed by atoms with Crippen molar-refractivity contribution in [3.8, 4) is 5.88 Å². The van der Waals surface area contributed by atoms with E-state index in [2.05, 4.69) is 9.84 Å². The van der Waals surface area contributed by atoms with Crippen molar-refractivity contribution in [2.75, 3.05) is 0 Å². The lowest BCUT2D eigenvalue weighted by atomic mass is 9.87. The van der Waals surface area contributed by atoms with Gasteiger partial charge >= 0.3 is 12.8 Å². The molecule has 3 unspecified atom stereocenters. The highest BCUT2D eigenvalue weighted by Crippen LogP contribution is 2.46. The van der Waals surface area contributed by atoms with Crippen molar-refractivity contribution in [2.24, 2.45) is 13.0 Å². The molecule has 33 heavy (non-hydrogen) atoms. The van der Waals surface area contributed by atoms with E-state index in [0.717, 1.165) is 18.2 Å². The number of hydrogen-bond acceptors (Lipinski definition) is 5. The summed E-state index contributed by atoms with van der Waals surface area (Å²) < 4.78 is 102. The second-order valence-corrected chi connectivity index (χ2v) is 11.2. The van der Waals surface area contributed by atoms with Crippen molar-refractivity contribution in [2.45, 2.75) is 68.3 Å². The summed E-state index contributed by atoms with van der Waals surface area (Å²) in [5, 5.41) is 3.86. The summed E-state index contributed by atoms with van der Waals surface area (Å²) in [5.74, 6) is -0.464. The fourth-order valence-corrected chi connectivity index (χ4v) is 5.89. The largest absolute Gasteiger partial charge is 0.416 e. The van der Waals surface area contributed by atoms with Gasteiger partial charge in [-0.25, -0.2) is 8.42 Å². The summed E-state index contributed by atoms with van der Waals surface area (Å²) in [5.41, 5.74) is -0.738. The van der Waals surface area contributed by atoms with Crippen LogP contribution in [0, 0.1) is 5.92 Å². The Morgan fingerprint density at radius 2 is 1.88 bits per heavy atom. The molecule has 1 fully saturated rings. The first-order valence-electron chi connectivity index (χ1n) is 10.2. The molecule has 0 radical (unpaired) electrons. The molecule has 3 atom stereocenters. The normalized spacial score (nSPS) is 24.5. The highest BCUT2D eigenvalue weighted by Gasteiger charge is 2.49. The number of nitrogens with zero attached hydrogens (tertiary/aromatic N) is 2. The number of benzene rings is 1. The molecular weight excluding hydrogens is 471 g/mol. The molecule has 0 N–H and O–H groups in total. The molecule has 2 heterocycles. The zero-order chi connectivity index (χ0) is 24.8. The minimum Gasteiger partial charge on any atom is -0.415 e. The summed E-state index contributed by atoms with van der Waals surface area (Å²) in [6.07, 6.45) is -6.16. The maximum atomic E-state index is 13.6. The Hall–Kier alpha value is -2.21. The van der Waals surface area contributed by atoms with Gasteiger partial charge in [0.25, 0.3) is 0 Å². The van der Waals surface area contributed by atoms with Crippen LogP contribution in [-0.2, 0) is 27.8 Å². The van der Waals surface area contributed by atoms with Crippen LogP contribution in [0.15, 0.2) is 35.2 Å². The van der Waals surface area contributed by atoms with Crippen LogP contribution in [0.5, 0.6) is 5.88 Å². The molecular formula is C21H25F5N2O4S. The molecule has 0 amide bonds. The summed E-state index contributed by atoms with van der Waals surface area (Å²) in [4.78, 5) is -0.435. The molecule has 2 aromatic rings. The predicted molar refractivity (Wildman–Crippen MR) is 109 cm³/mol. The molecule has 1 aliphatic heterocycles. The van der Waals surface area contributed by atoms with Crippen LogP contribution < -0.4 is 4.74 Å². The van der Waals surface area contributed by atoms with Gasteiger partial charge in [0, 0.05) is 13.1 Å². The van der Waals surface area contributed by atoms with Crippen molar-refractivity contribution in [1.82, 2.24) is 9.78 Å². The van der Waals surface area contributed by atoms with Gasteiger partial charge in [-0.15, -0.1) is 5.10 Å². The zero-order valence-corrected chi connectivity index (χ0v) is 19.3. The Kier molecular flexibility index (Phi) is 6.82. The lowest BCUT2D eigenvalue weighted by molar-refractivity contribution is -0.137. The summed E-state index contributed by atoms with van der Waals surface area (Å²) >= 11 is 0. The lowest BCUT2D eigenvalue weighted by Crippen LogP contribution is -2.47. The third-order valence-corrected chi connectivity index (χ3v) is 8.39. The van der Waals surface area contributed by atoms with Gasteiger partial charge in [0.2, 0.25) is 5.88 Å². The molecule has 184 valence electrons. The van der Waals surface area contributed by atoms with Crippen molar-refractivity contribution in [3.63, 3.8) is 0 Å². The third kappa shape index (κ3) is 5.16. The monoisotopic (exact) mass is 496 g/mol. The molecule has 1 saturated heterocycles. The Morgan fingerprint density at radius 1 is 1.21 bits per heavy atom. The standard InChI is InChI=1S/C21H25F5N2O4S/c1-12(2)16-10-20(3,33(29,30)14-7-5-6-13(8-14)21(24,25)26)11-17(31-16)15-9-18(27-28(15)4)32-19(22)23/h5-9,12,16-17,19H,10-11H2,1-4H3. The van der Waals surface area contributed by atoms with Crippen molar-refractivity contribution in [1.29, 1.82) is 0 Å². The van der Waals surface area contributed by atoms with Crippen LogP contribution in [0.4, 0.5) is 22.0 Å². The highest BCUT2D eigenvalue weighted by atomic mass is 32.2. The molecule has 12 heteroatoms. The fraction of sp³-hybridized carbons (Fsp3) is 0.571.